The van der Waals surface area contributed by atoms with Gasteiger partial charge in [0, 0.05) is 5.69 Å². The maximum Gasteiger partial charge on any atom is 0.138 e. The van der Waals surface area contributed by atoms with Crippen molar-refractivity contribution < 1.29 is 0 Å². The molecule has 3 nitrogen and oxygen atoms in total. The van der Waals surface area contributed by atoms with Crippen LogP contribution in [0.2, 0.25) is 0 Å². The monoisotopic (exact) mass is 203 g/mol. The molecule has 0 aliphatic rings. The van der Waals surface area contributed by atoms with Gasteiger partial charge in [0.2, 0.25) is 0 Å². The van der Waals surface area contributed by atoms with Crippen LogP contribution in [0.3, 0.4) is 0 Å². The highest BCUT2D eigenvalue weighted by molar-refractivity contribution is 5.54. The number of hydrogen-bond donors (Lipinski definition) is 1. The van der Waals surface area contributed by atoms with E-state index in [1.165, 1.54) is 0 Å². The van der Waals surface area contributed by atoms with Gasteiger partial charge in [0.15, 0.2) is 0 Å². The number of imidazole rings is 1. The molecule has 0 spiro atoms. The largest absolute Gasteiger partial charge is 0.383 e. The molecule has 0 atom stereocenters. The van der Waals surface area contributed by atoms with Crippen molar-refractivity contribution in [1.82, 2.24) is 9.38 Å². The second-order valence-corrected chi connectivity index (χ2v) is 4.40. The van der Waals surface area contributed by atoms with Gasteiger partial charge >= 0.3 is 0 Å². The van der Waals surface area contributed by atoms with Gasteiger partial charge in [-0.1, -0.05) is 19.9 Å². The van der Waals surface area contributed by atoms with E-state index in [-0.39, 0.29) is 0 Å². The summed E-state index contributed by atoms with van der Waals surface area (Å²) in [6, 6.07) is 6.05. The Kier molecular flexibility index (Phi) is 2.39. The third-order valence-electron chi connectivity index (χ3n) is 2.55. The topological polar surface area (TPSA) is 43.3 Å². The van der Waals surface area contributed by atoms with Crippen LogP contribution in [0.25, 0.3) is 5.65 Å². The van der Waals surface area contributed by atoms with Crippen molar-refractivity contribution in [2.24, 2.45) is 5.92 Å². The molecule has 0 radical (unpaired) electrons. The fraction of sp³-hybridized carbons (Fsp3) is 0.417. The lowest BCUT2D eigenvalue weighted by Crippen LogP contribution is -2.01. The molecule has 0 aromatic carbocycles. The van der Waals surface area contributed by atoms with Crippen LogP contribution in [0.4, 0.5) is 5.82 Å². The minimum Gasteiger partial charge on any atom is -0.383 e. The molecular formula is C12H17N3. The molecule has 0 fully saturated rings. The molecule has 80 valence electrons. The highest BCUT2D eigenvalue weighted by Gasteiger charge is 2.11. The summed E-state index contributed by atoms with van der Waals surface area (Å²) in [5.74, 6) is 1.37. The lowest BCUT2D eigenvalue weighted by atomic mass is 10.1. The Labute approximate surface area is 89.9 Å². The zero-order valence-electron chi connectivity index (χ0n) is 9.49. The number of nitrogens with two attached hydrogens (primary N) is 1. The van der Waals surface area contributed by atoms with E-state index >= 15 is 0 Å². The number of anilines is 1. The van der Waals surface area contributed by atoms with Crippen molar-refractivity contribution in [1.29, 1.82) is 0 Å². The van der Waals surface area contributed by atoms with E-state index < -0.39 is 0 Å². The smallest absolute Gasteiger partial charge is 0.138 e. The van der Waals surface area contributed by atoms with Crippen molar-refractivity contribution in [3.05, 3.63) is 29.6 Å². The summed E-state index contributed by atoms with van der Waals surface area (Å²) < 4.78 is 2.01. The second kappa shape index (κ2) is 3.57. The third kappa shape index (κ3) is 1.69. The second-order valence-electron chi connectivity index (χ2n) is 4.40. The number of nitrogens with zero attached hydrogens (tertiary/aromatic N) is 2. The average Bonchev–Trinajstić information content (AvgIpc) is 2.44. The van der Waals surface area contributed by atoms with Crippen LogP contribution in [0, 0.1) is 12.8 Å². The van der Waals surface area contributed by atoms with Crippen molar-refractivity contribution >= 4 is 11.5 Å². The number of pyridine rings is 1. The molecule has 0 amide bonds. The Morgan fingerprint density at radius 2 is 2.13 bits per heavy atom. The molecule has 2 rings (SSSR count). The first-order chi connectivity index (χ1) is 7.09. The van der Waals surface area contributed by atoms with Gasteiger partial charge in [-0.15, -0.1) is 0 Å². The number of aryl methyl sites for hydroxylation is 1. The van der Waals surface area contributed by atoms with Crippen LogP contribution in [0.15, 0.2) is 18.2 Å². The summed E-state index contributed by atoms with van der Waals surface area (Å²) in [4.78, 5) is 4.55. The molecular weight excluding hydrogens is 186 g/mol. The molecule has 0 saturated carbocycles. The van der Waals surface area contributed by atoms with Crippen LogP contribution in [-0.4, -0.2) is 9.38 Å². The Hall–Kier alpha value is -1.51. The van der Waals surface area contributed by atoms with Gasteiger partial charge in [-0.05, 0) is 31.4 Å². The number of rotatable bonds is 2. The molecule has 0 aliphatic carbocycles. The summed E-state index contributed by atoms with van der Waals surface area (Å²) in [6.07, 6.45) is 0.937. The van der Waals surface area contributed by atoms with Crippen molar-refractivity contribution in [2.75, 3.05) is 5.73 Å². The molecule has 2 heterocycles. The maximum absolute atomic E-state index is 6.09. The van der Waals surface area contributed by atoms with Crippen molar-refractivity contribution in [3.8, 4) is 0 Å². The fourth-order valence-electron chi connectivity index (χ4n) is 1.87. The Morgan fingerprint density at radius 3 is 2.73 bits per heavy atom. The number of aromatic nitrogens is 2. The lowest BCUT2D eigenvalue weighted by molar-refractivity contribution is 0.639. The van der Waals surface area contributed by atoms with Crippen LogP contribution >= 0.6 is 0 Å². The third-order valence-corrected chi connectivity index (χ3v) is 2.55. The van der Waals surface area contributed by atoms with Gasteiger partial charge in [-0.25, -0.2) is 4.98 Å². The highest BCUT2D eigenvalue weighted by atomic mass is 15.1. The van der Waals surface area contributed by atoms with Gasteiger partial charge in [-0.2, -0.15) is 0 Å². The molecule has 2 aromatic rings. The number of nitrogen functional groups attached to an aromatic ring is 1. The minimum atomic E-state index is 0.581. The van der Waals surface area contributed by atoms with E-state index in [0.29, 0.717) is 5.92 Å². The molecule has 2 N–H and O–H groups in total. The molecule has 0 unspecified atom stereocenters. The van der Waals surface area contributed by atoms with E-state index in [2.05, 4.69) is 18.8 Å². The summed E-state index contributed by atoms with van der Waals surface area (Å²) in [5, 5.41) is 0. The summed E-state index contributed by atoms with van der Waals surface area (Å²) in [5.41, 5.74) is 9.18. The van der Waals surface area contributed by atoms with Crippen LogP contribution < -0.4 is 5.73 Å². The van der Waals surface area contributed by atoms with Crippen molar-refractivity contribution in [3.63, 3.8) is 0 Å². The molecule has 2 aromatic heterocycles. The van der Waals surface area contributed by atoms with Gasteiger partial charge in [0.25, 0.3) is 0 Å². The molecule has 0 saturated heterocycles. The number of fused-ring (bicyclic) bond motifs is 1. The first kappa shape index (κ1) is 10.0. The predicted molar refractivity (Wildman–Crippen MR) is 62.9 cm³/mol. The van der Waals surface area contributed by atoms with E-state index in [0.717, 1.165) is 29.3 Å². The summed E-state index contributed by atoms with van der Waals surface area (Å²) in [6.45, 7) is 6.40. The normalized spacial score (nSPS) is 11.5. The van der Waals surface area contributed by atoms with Gasteiger partial charge in [-0.3, -0.25) is 4.40 Å². The zero-order valence-corrected chi connectivity index (χ0v) is 9.49. The predicted octanol–water partition coefficient (Wildman–Crippen LogP) is 2.42. The first-order valence-electron chi connectivity index (χ1n) is 5.32. The SMILES string of the molecule is Cc1cccc2nc(CC(C)C)c(N)n12. The lowest BCUT2D eigenvalue weighted by Gasteiger charge is -2.03. The summed E-state index contributed by atoms with van der Waals surface area (Å²) in [7, 11) is 0. The van der Waals surface area contributed by atoms with Crippen LogP contribution in [0.1, 0.15) is 25.2 Å². The van der Waals surface area contributed by atoms with E-state index in [1.54, 1.807) is 0 Å². The van der Waals surface area contributed by atoms with Crippen LogP contribution in [0.5, 0.6) is 0 Å². The van der Waals surface area contributed by atoms with E-state index in [9.17, 15) is 0 Å². The van der Waals surface area contributed by atoms with E-state index in [1.807, 2.05) is 29.5 Å². The molecule has 15 heavy (non-hydrogen) atoms. The molecule has 3 heteroatoms. The van der Waals surface area contributed by atoms with Crippen LogP contribution in [-0.2, 0) is 6.42 Å². The summed E-state index contributed by atoms with van der Waals surface area (Å²) >= 11 is 0. The quantitative estimate of drug-likeness (QED) is 0.814. The van der Waals surface area contributed by atoms with Gasteiger partial charge < -0.3 is 5.73 Å². The Morgan fingerprint density at radius 1 is 1.40 bits per heavy atom. The Bertz CT molecular complexity index is 483. The van der Waals surface area contributed by atoms with Crippen molar-refractivity contribution in [2.45, 2.75) is 27.2 Å². The zero-order chi connectivity index (χ0) is 11.0. The van der Waals surface area contributed by atoms with E-state index in [4.69, 9.17) is 5.73 Å². The fourth-order valence-corrected chi connectivity index (χ4v) is 1.87. The first-order valence-corrected chi connectivity index (χ1v) is 5.32. The molecule has 0 aliphatic heterocycles. The Balaban J connectivity index is 2.59. The standard InChI is InChI=1S/C12H17N3/c1-8(2)7-10-12(13)15-9(3)5-4-6-11(15)14-10/h4-6,8H,7,13H2,1-3H3. The van der Waals surface area contributed by atoms with Gasteiger partial charge in [0.1, 0.15) is 11.5 Å². The average molecular weight is 203 g/mol. The minimum absolute atomic E-state index is 0.581. The molecule has 0 bridgehead atoms. The number of hydrogen-bond acceptors (Lipinski definition) is 2. The van der Waals surface area contributed by atoms with Gasteiger partial charge in [0.05, 0.1) is 5.69 Å². The maximum atomic E-state index is 6.09. The highest BCUT2D eigenvalue weighted by Crippen LogP contribution is 2.19.